The van der Waals surface area contributed by atoms with Crippen LogP contribution in [0.1, 0.15) is 36.9 Å². The first-order chi connectivity index (χ1) is 10.6. The third-order valence-corrected chi connectivity index (χ3v) is 4.50. The normalized spacial score (nSPS) is 21.9. The number of carbonyl (C=O) groups is 2. The van der Waals surface area contributed by atoms with Crippen LogP contribution >= 0.6 is 0 Å². The highest BCUT2D eigenvalue weighted by molar-refractivity contribution is 6.05. The maximum Gasteiger partial charge on any atom is 0.144 e. The topological polar surface area (TPSA) is 34.1 Å². The van der Waals surface area contributed by atoms with Gasteiger partial charge in [0.15, 0.2) is 0 Å². The number of rotatable bonds is 3. The summed E-state index contributed by atoms with van der Waals surface area (Å²) in [5.41, 5.74) is 3.35. The Labute approximate surface area is 132 Å². The maximum atomic E-state index is 12.4. The molecule has 114 valence electrons. The van der Waals surface area contributed by atoms with Crippen molar-refractivity contribution in [3.05, 3.63) is 71.3 Å². The minimum absolute atomic E-state index is 0. The molecule has 22 heavy (non-hydrogen) atoms. The van der Waals surface area contributed by atoms with E-state index in [0.29, 0.717) is 19.3 Å². The number of hydrogen-bond acceptors (Lipinski definition) is 2. The summed E-state index contributed by atoms with van der Waals surface area (Å²) in [6.45, 7) is 2.04. The molecule has 0 bridgehead atoms. The second kappa shape index (κ2) is 6.27. The Bertz CT molecular complexity index is 659. The van der Waals surface area contributed by atoms with Crippen LogP contribution in [0.2, 0.25) is 0 Å². The predicted molar refractivity (Wildman–Crippen MR) is 88.9 cm³/mol. The van der Waals surface area contributed by atoms with E-state index in [1.165, 1.54) is 5.56 Å². The zero-order valence-electron chi connectivity index (χ0n) is 12.8. The van der Waals surface area contributed by atoms with Gasteiger partial charge in [-0.2, -0.15) is 0 Å². The van der Waals surface area contributed by atoms with Crippen LogP contribution in [-0.2, 0) is 16.0 Å². The van der Waals surface area contributed by atoms with E-state index < -0.39 is 5.92 Å². The van der Waals surface area contributed by atoms with E-state index in [4.69, 9.17) is 0 Å². The Morgan fingerprint density at radius 2 is 1.50 bits per heavy atom. The van der Waals surface area contributed by atoms with Crippen molar-refractivity contribution in [1.82, 2.24) is 0 Å². The molecule has 0 atom stereocenters. The highest BCUT2D eigenvalue weighted by Gasteiger charge is 2.35. The smallest absolute Gasteiger partial charge is 0.144 e. The molecule has 2 nitrogen and oxygen atoms in total. The average Bonchev–Trinajstić information content (AvgIpc) is 2.52. The van der Waals surface area contributed by atoms with Gasteiger partial charge in [0.1, 0.15) is 11.6 Å². The molecule has 0 heterocycles. The van der Waals surface area contributed by atoms with Gasteiger partial charge < -0.3 is 0 Å². The predicted octanol–water partition coefficient (Wildman–Crippen LogP) is 4.12. The van der Waals surface area contributed by atoms with Crippen LogP contribution in [0, 0.1) is 12.8 Å². The van der Waals surface area contributed by atoms with Crippen LogP contribution in [-0.4, -0.2) is 11.6 Å². The van der Waals surface area contributed by atoms with Gasteiger partial charge in [0.25, 0.3) is 0 Å². The summed E-state index contributed by atoms with van der Waals surface area (Å²) < 4.78 is 0. The Hall–Kier alpha value is -2.22. The van der Waals surface area contributed by atoms with Gasteiger partial charge in [0, 0.05) is 14.3 Å². The molecule has 0 spiro atoms. The number of Topliss-reactive ketones (excluding diaryl/α,β-unsaturated/α-hetero) is 2. The lowest BCUT2D eigenvalue weighted by atomic mass is 9.75. The Morgan fingerprint density at radius 1 is 0.909 bits per heavy atom. The fraction of sp³-hybridized carbons (Fsp3) is 0.300. The fourth-order valence-corrected chi connectivity index (χ4v) is 3.17. The van der Waals surface area contributed by atoms with Crippen molar-refractivity contribution in [1.29, 1.82) is 0 Å². The summed E-state index contributed by atoms with van der Waals surface area (Å²) in [6, 6.07) is 18.0. The maximum absolute atomic E-state index is 12.4. The van der Waals surface area contributed by atoms with Gasteiger partial charge in [-0.3, -0.25) is 9.59 Å². The number of aryl methyl sites for hydroxylation is 1. The van der Waals surface area contributed by atoms with Gasteiger partial charge in [-0.15, -0.1) is 0 Å². The lowest BCUT2D eigenvalue weighted by Gasteiger charge is -2.26. The zero-order chi connectivity index (χ0) is 15.5. The van der Waals surface area contributed by atoms with E-state index >= 15 is 0 Å². The number of ketones is 2. The van der Waals surface area contributed by atoms with Crippen molar-refractivity contribution >= 4 is 11.6 Å². The Kier molecular flexibility index (Phi) is 4.19. The van der Waals surface area contributed by atoms with E-state index in [1.54, 1.807) is 0 Å². The summed E-state index contributed by atoms with van der Waals surface area (Å²) in [5.74, 6) is -0.229. The Balaban J connectivity index is 0.00000192. The molecule has 2 aromatic rings. The largest absolute Gasteiger partial charge is 0.299 e. The quantitative estimate of drug-likeness (QED) is 0.798. The standard InChI is InChI=1S/C20H20O2.H2/c1-14-7-9-16(10-8-14)17-12-19(21)18(20(22)13-17)11-15-5-3-2-4-6-15;/h2-10,17-18H,11-13H2,1H3;1H. The first-order valence-corrected chi connectivity index (χ1v) is 7.79. The van der Waals surface area contributed by atoms with Gasteiger partial charge in [-0.25, -0.2) is 0 Å². The van der Waals surface area contributed by atoms with Crippen LogP contribution in [0.3, 0.4) is 0 Å². The molecule has 0 saturated heterocycles. The molecule has 1 fully saturated rings. The van der Waals surface area contributed by atoms with Gasteiger partial charge in [-0.1, -0.05) is 60.2 Å². The van der Waals surface area contributed by atoms with Crippen LogP contribution in [0.5, 0.6) is 0 Å². The summed E-state index contributed by atoms with van der Waals surface area (Å²) >= 11 is 0. The average molecular weight is 294 g/mol. The molecule has 1 aliphatic carbocycles. The van der Waals surface area contributed by atoms with E-state index in [2.05, 4.69) is 0 Å². The molecule has 0 aliphatic heterocycles. The van der Waals surface area contributed by atoms with Crippen molar-refractivity contribution in [2.45, 2.75) is 32.1 Å². The highest BCUT2D eigenvalue weighted by Crippen LogP contribution is 2.33. The monoisotopic (exact) mass is 294 g/mol. The third kappa shape index (κ3) is 3.16. The lowest BCUT2D eigenvalue weighted by molar-refractivity contribution is -0.136. The van der Waals surface area contributed by atoms with Gasteiger partial charge >= 0.3 is 0 Å². The first kappa shape index (κ1) is 14.7. The van der Waals surface area contributed by atoms with Crippen molar-refractivity contribution in [3.8, 4) is 0 Å². The molecular formula is C20H22O2. The van der Waals surface area contributed by atoms with Crippen LogP contribution in [0.25, 0.3) is 0 Å². The van der Waals surface area contributed by atoms with Crippen molar-refractivity contribution < 1.29 is 11.0 Å². The van der Waals surface area contributed by atoms with Gasteiger partial charge in [0.05, 0.1) is 5.92 Å². The second-order valence-corrected chi connectivity index (χ2v) is 6.19. The molecule has 2 aromatic carbocycles. The van der Waals surface area contributed by atoms with Crippen LogP contribution in [0.4, 0.5) is 0 Å². The molecule has 2 heteroatoms. The molecule has 0 aromatic heterocycles. The van der Waals surface area contributed by atoms with E-state index in [-0.39, 0.29) is 18.9 Å². The van der Waals surface area contributed by atoms with Gasteiger partial charge in [-0.05, 0) is 30.4 Å². The van der Waals surface area contributed by atoms with Crippen molar-refractivity contribution in [3.63, 3.8) is 0 Å². The minimum atomic E-state index is -0.455. The van der Waals surface area contributed by atoms with E-state index in [0.717, 1.165) is 11.1 Å². The summed E-state index contributed by atoms with van der Waals surface area (Å²) in [4.78, 5) is 24.9. The second-order valence-electron chi connectivity index (χ2n) is 6.19. The van der Waals surface area contributed by atoms with Crippen molar-refractivity contribution in [2.24, 2.45) is 5.92 Å². The molecular weight excluding hydrogens is 272 g/mol. The molecule has 3 rings (SSSR count). The lowest BCUT2D eigenvalue weighted by Crippen LogP contribution is -2.34. The molecule has 1 aliphatic rings. The summed E-state index contributed by atoms with van der Waals surface area (Å²) in [5, 5.41) is 0. The SMILES string of the molecule is Cc1ccc(C2CC(=O)C(Cc3ccccc3)C(=O)C2)cc1.[HH]. The number of hydrogen-bond donors (Lipinski definition) is 0. The Morgan fingerprint density at radius 3 is 2.09 bits per heavy atom. The number of benzene rings is 2. The van der Waals surface area contributed by atoms with Crippen LogP contribution in [0.15, 0.2) is 54.6 Å². The van der Waals surface area contributed by atoms with Gasteiger partial charge in [0.2, 0.25) is 0 Å². The third-order valence-electron chi connectivity index (χ3n) is 4.50. The van der Waals surface area contributed by atoms with Crippen molar-refractivity contribution in [2.75, 3.05) is 0 Å². The molecule has 0 amide bonds. The molecule has 0 radical (unpaired) electrons. The van der Waals surface area contributed by atoms with E-state index in [9.17, 15) is 9.59 Å². The van der Waals surface area contributed by atoms with E-state index in [1.807, 2.05) is 61.5 Å². The minimum Gasteiger partial charge on any atom is -0.299 e. The highest BCUT2D eigenvalue weighted by atomic mass is 16.2. The first-order valence-electron chi connectivity index (χ1n) is 7.79. The number of carbonyl (C=O) groups excluding carboxylic acids is 2. The summed E-state index contributed by atoms with van der Waals surface area (Å²) in [7, 11) is 0. The van der Waals surface area contributed by atoms with Crippen LogP contribution < -0.4 is 0 Å². The zero-order valence-corrected chi connectivity index (χ0v) is 12.8. The molecule has 0 N–H and O–H groups in total. The molecule has 0 unspecified atom stereocenters. The molecule has 1 saturated carbocycles. The fourth-order valence-electron chi connectivity index (χ4n) is 3.17. The summed E-state index contributed by atoms with van der Waals surface area (Å²) in [6.07, 6.45) is 1.50.